The zero-order chi connectivity index (χ0) is 15.4. The van der Waals surface area contributed by atoms with Gasteiger partial charge in [0.15, 0.2) is 0 Å². The van der Waals surface area contributed by atoms with Crippen molar-refractivity contribution < 1.29 is 17.9 Å². The van der Waals surface area contributed by atoms with Crippen LogP contribution in [-0.4, -0.2) is 6.61 Å². The van der Waals surface area contributed by atoms with E-state index in [4.69, 9.17) is 5.73 Å². The highest BCUT2D eigenvalue weighted by Crippen LogP contribution is 2.30. The molecule has 0 aliphatic rings. The largest absolute Gasteiger partial charge is 0.434 e. The van der Waals surface area contributed by atoms with Gasteiger partial charge in [0.1, 0.15) is 11.6 Å². The highest BCUT2D eigenvalue weighted by Gasteiger charge is 2.17. The molecule has 2 nitrogen and oxygen atoms in total. The van der Waals surface area contributed by atoms with Crippen molar-refractivity contribution in [2.75, 3.05) is 0 Å². The van der Waals surface area contributed by atoms with Gasteiger partial charge < -0.3 is 10.5 Å². The van der Waals surface area contributed by atoms with Crippen molar-refractivity contribution in [2.45, 2.75) is 19.1 Å². The third-order valence-electron chi connectivity index (χ3n) is 3.01. The molecule has 112 valence electrons. The van der Waals surface area contributed by atoms with E-state index in [-0.39, 0.29) is 5.75 Å². The van der Waals surface area contributed by atoms with Crippen LogP contribution in [0.1, 0.15) is 17.2 Å². The Morgan fingerprint density at radius 3 is 2.52 bits per heavy atom. The second kappa shape index (κ2) is 6.95. The first kappa shape index (κ1) is 15.9. The number of benzene rings is 2. The van der Waals surface area contributed by atoms with E-state index in [9.17, 15) is 13.2 Å². The first-order valence-corrected chi connectivity index (χ1v) is 7.00. The monoisotopic (exact) mass is 359 g/mol. The zero-order valence-electron chi connectivity index (χ0n) is 10.9. The minimum Gasteiger partial charge on any atom is -0.434 e. The molecular formula is C15H13BrF3NO. The predicted molar refractivity (Wildman–Crippen MR) is 77.8 cm³/mol. The Labute approximate surface area is 128 Å². The molecule has 0 radical (unpaired) electrons. The fourth-order valence-electron chi connectivity index (χ4n) is 2.04. The van der Waals surface area contributed by atoms with E-state index in [1.165, 1.54) is 12.1 Å². The number of hydrogen-bond donors (Lipinski definition) is 1. The van der Waals surface area contributed by atoms with Gasteiger partial charge in [0.25, 0.3) is 0 Å². The summed E-state index contributed by atoms with van der Waals surface area (Å²) < 4.78 is 43.0. The molecule has 0 bridgehead atoms. The van der Waals surface area contributed by atoms with E-state index >= 15 is 0 Å². The van der Waals surface area contributed by atoms with Crippen molar-refractivity contribution in [3.63, 3.8) is 0 Å². The molecule has 1 unspecified atom stereocenters. The third-order valence-corrected chi connectivity index (χ3v) is 3.89. The first-order chi connectivity index (χ1) is 9.99. The molecule has 2 aromatic rings. The average Bonchev–Trinajstić information content (AvgIpc) is 2.44. The Kier molecular flexibility index (Phi) is 5.25. The molecule has 2 rings (SSSR count). The predicted octanol–water partition coefficient (Wildman–Crippen LogP) is 4.43. The summed E-state index contributed by atoms with van der Waals surface area (Å²) in [5.41, 5.74) is 7.17. The number of para-hydroxylation sites is 1. The van der Waals surface area contributed by atoms with E-state index in [0.29, 0.717) is 22.0 Å². The van der Waals surface area contributed by atoms with Gasteiger partial charge in [0, 0.05) is 11.6 Å². The number of hydrogen-bond acceptors (Lipinski definition) is 2. The van der Waals surface area contributed by atoms with Crippen LogP contribution in [-0.2, 0) is 6.42 Å². The fraction of sp³-hybridized carbons (Fsp3) is 0.200. The van der Waals surface area contributed by atoms with Gasteiger partial charge in [-0.2, -0.15) is 8.78 Å². The van der Waals surface area contributed by atoms with Crippen LogP contribution in [0.3, 0.4) is 0 Å². The van der Waals surface area contributed by atoms with Crippen molar-refractivity contribution in [3.05, 3.63) is 63.9 Å². The van der Waals surface area contributed by atoms with E-state index < -0.39 is 18.5 Å². The molecule has 0 heterocycles. The molecule has 1 atom stereocenters. The Balaban J connectivity index is 2.24. The second-order valence-electron chi connectivity index (χ2n) is 4.44. The topological polar surface area (TPSA) is 35.2 Å². The van der Waals surface area contributed by atoms with Crippen molar-refractivity contribution in [1.29, 1.82) is 0 Å². The maximum absolute atomic E-state index is 13.5. The van der Waals surface area contributed by atoms with E-state index in [1.54, 1.807) is 30.3 Å². The smallest absolute Gasteiger partial charge is 0.387 e. The molecule has 0 aliphatic heterocycles. The summed E-state index contributed by atoms with van der Waals surface area (Å²) >= 11 is 3.16. The summed E-state index contributed by atoms with van der Waals surface area (Å²) in [5.74, 6) is -0.357. The molecule has 0 aliphatic carbocycles. The molecule has 0 amide bonds. The highest BCUT2D eigenvalue weighted by molar-refractivity contribution is 9.10. The summed E-state index contributed by atoms with van der Waals surface area (Å²) in [6.07, 6.45) is 0.294. The standard InChI is InChI=1S/C15H13BrF3NO/c16-14-9(4-3-6-11(14)17)8-12(20)10-5-1-2-7-13(10)21-15(18)19/h1-7,12,15H,8,20H2. The Morgan fingerprint density at radius 2 is 1.81 bits per heavy atom. The van der Waals surface area contributed by atoms with Gasteiger partial charge in [-0.3, -0.25) is 0 Å². The first-order valence-electron chi connectivity index (χ1n) is 6.21. The third kappa shape index (κ3) is 3.98. The van der Waals surface area contributed by atoms with Crippen LogP contribution in [0.25, 0.3) is 0 Å². The van der Waals surface area contributed by atoms with Crippen molar-refractivity contribution in [2.24, 2.45) is 5.73 Å². The highest BCUT2D eigenvalue weighted by atomic mass is 79.9. The number of nitrogens with two attached hydrogens (primary N) is 1. The molecule has 0 saturated carbocycles. The average molecular weight is 360 g/mol. The van der Waals surface area contributed by atoms with Gasteiger partial charge in [-0.1, -0.05) is 30.3 Å². The van der Waals surface area contributed by atoms with Crippen LogP contribution in [0, 0.1) is 5.82 Å². The zero-order valence-corrected chi connectivity index (χ0v) is 12.5. The number of alkyl halides is 2. The van der Waals surface area contributed by atoms with E-state index in [2.05, 4.69) is 20.7 Å². The van der Waals surface area contributed by atoms with E-state index in [0.717, 1.165) is 0 Å². The summed E-state index contributed by atoms with van der Waals surface area (Å²) in [7, 11) is 0. The van der Waals surface area contributed by atoms with Crippen LogP contribution < -0.4 is 10.5 Å². The summed E-state index contributed by atoms with van der Waals surface area (Å²) in [6.45, 7) is -2.92. The van der Waals surface area contributed by atoms with Gasteiger partial charge in [-0.05, 0) is 40.0 Å². The summed E-state index contributed by atoms with van der Waals surface area (Å²) in [6, 6.07) is 10.4. The molecule has 0 aromatic heterocycles. The van der Waals surface area contributed by atoms with Gasteiger partial charge in [0.05, 0.1) is 4.47 Å². The van der Waals surface area contributed by atoms with Crippen molar-refractivity contribution in [3.8, 4) is 5.75 Å². The van der Waals surface area contributed by atoms with Crippen LogP contribution in [0.5, 0.6) is 5.75 Å². The SMILES string of the molecule is NC(Cc1cccc(F)c1Br)c1ccccc1OC(F)F. The lowest BCUT2D eigenvalue weighted by Crippen LogP contribution is -2.16. The summed E-state index contributed by atoms with van der Waals surface area (Å²) in [5, 5.41) is 0. The van der Waals surface area contributed by atoms with Crippen molar-refractivity contribution in [1.82, 2.24) is 0 Å². The van der Waals surface area contributed by atoms with Gasteiger partial charge in [0.2, 0.25) is 0 Å². The number of halogens is 4. The number of rotatable bonds is 5. The van der Waals surface area contributed by atoms with Gasteiger partial charge in [-0.25, -0.2) is 4.39 Å². The van der Waals surface area contributed by atoms with Crippen LogP contribution in [0.4, 0.5) is 13.2 Å². The van der Waals surface area contributed by atoms with Gasteiger partial charge in [-0.15, -0.1) is 0 Å². The van der Waals surface area contributed by atoms with Gasteiger partial charge >= 0.3 is 6.61 Å². The molecule has 0 spiro atoms. The van der Waals surface area contributed by atoms with E-state index in [1.807, 2.05) is 0 Å². The molecule has 2 aromatic carbocycles. The molecule has 0 saturated heterocycles. The second-order valence-corrected chi connectivity index (χ2v) is 5.23. The molecule has 6 heteroatoms. The minimum atomic E-state index is -2.92. The summed E-state index contributed by atoms with van der Waals surface area (Å²) in [4.78, 5) is 0. The van der Waals surface area contributed by atoms with Crippen LogP contribution in [0.15, 0.2) is 46.9 Å². The lowest BCUT2D eigenvalue weighted by molar-refractivity contribution is -0.0506. The Morgan fingerprint density at radius 1 is 1.10 bits per heavy atom. The molecule has 21 heavy (non-hydrogen) atoms. The fourth-order valence-corrected chi connectivity index (χ4v) is 2.47. The molecular weight excluding hydrogens is 347 g/mol. The molecule has 2 N–H and O–H groups in total. The van der Waals surface area contributed by atoms with Crippen molar-refractivity contribution >= 4 is 15.9 Å². The molecule has 0 fully saturated rings. The number of ether oxygens (including phenoxy) is 1. The minimum absolute atomic E-state index is 0.0347. The maximum Gasteiger partial charge on any atom is 0.387 e. The lowest BCUT2D eigenvalue weighted by Gasteiger charge is -2.17. The Hall–Kier alpha value is -1.53. The normalized spacial score (nSPS) is 12.5. The lowest BCUT2D eigenvalue weighted by atomic mass is 9.99. The van der Waals surface area contributed by atoms with Crippen LogP contribution in [0.2, 0.25) is 0 Å². The van der Waals surface area contributed by atoms with Crippen LogP contribution >= 0.6 is 15.9 Å². The Bertz CT molecular complexity index is 622. The quantitative estimate of drug-likeness (QED) is 0.856. The maximum atomic E-state index is 13.5.